The Morgan fingerprint density at radius 1 is 0.556 bits per heavy atom. The highest BCUT2D eigenvalue weighted by Gasteiger charge is 2.42. The van der Waals surface area contributed by atoms with Crippen LogP contribution in [0.1, 0.15) is 181 Å². The van der Waals surface area contributed by atoms with Gasteiger partial charge in [0.2, 0.25) is 0 Å². The summed E-state index contributed by atoms with van der Waals surface area (Å²) < 4.78 is 16.6. The van der Waals surface area contributed by atoms with Gasteiger partial charge < -0.3 is 39.7 Å². The van der Waals surface area contributed by atoms with Gasteiger partial charge in [0, 0.05) is 51.1 Å². The van der Waals surface area contributed by atoms with Crippen LogP contribution in [0, 0.1) is 9.81 Å². The molecule has 0 aromatic rings. The van der Waals surface area contributed by atoms with Gasteiger partial charge in [0.1, 0.15) is 18.7 Å². The number of unbranched alkanes of at least 4 members (excludes halogenated alkanes) is 15. The van der Waals surface area contributed by atoms with Crippen molar-refractivity contribution < 1.29 is 49.3 Å². The molecule has 1 aliphatic heterocycles. The van der Waals surface area contributed by atoms with Crippen LogP contribution in [-0.2, 0) is 23.8 Å². The standard InChI is InChI=1S/C47H90N4O12/c1-3-5-7-8-11-17-23-40(48-59)42(50(28-32-52)29-33-53)24-18-12-9-15-21-27-47(58)62-39(37-56)38-61-46(57)26-20-14-10-13-19-25-44-45(63-44)36-43(51(30-34-54)31-35-55)41(49-60)22-16-6-4-2/h39-45,52-56H,3-38H2,1-2H3. The number of carbonyl (C=O) groups is 2. The Bertz CT molecular complexity index is 1110. The molecule has 5 N–H and O–H groups in total. The number of epoxide rings is 1. The van der Waals surface area contributed by atoms with Gasteiger partial charge in [-0.2, -0.15) is 9.81 Å². The van der Waals surface area contributed by atoms with Gasteiger partial charge in [0.15, 0.2) is 6.10 Å². The summed E-state index contributed by atoms with van der Waals surface area (Å²) in [6.07, 6.45) is 21.8. The van der Waals surface area contributed by atoms with Crippen LogP contribution in [0.25, 0.3) is 0 Å². The van der Waals surface area contributed by atoms with Gasteiger partial charge >= 0.3 is 11.9 Å². The third kappa shape index (κ3) is 28.5. The van der Waals surface area contributed by atoms with Crippen LogP contribution in [0.3, 0.4) is 0 Å². The molecule has 7 atom stereocenters. The van der Waals surface area contributed by atoms with Gasteiger partial charge in [0.25, 0.3) is 0 Å². The monoisotopic (exact) mass is 903 g/mol. The molecule has 0 saturated carbocycles. The quantitative estimate of drug-likeness (QED) is 0.0180. The highest BCUT2D eigenvalue weighted by molar-refractivity contribution is 5.70. The minimum atomic E-state index is -0.910. The predicted octanol–water partition coefficient (Wildman–Crippen LogP) is 6.96. The van der Waals surface area contributed by atoms with E-state index >= 15 is 0 Å². The molecule has 0 spiro atoms. The average Bonchev–Trinajstić information content (AvgIpc) is 4.03. The fourth-order valence-corrected chi connectivity index (χ4v) is 8.74. The number of rotatable bonds is 47. The van der Waals surface area contributed by atoms with E-state index in [9.17, 15) is 44.9 Å². The molecule has 16 heteroatoms. The number of ether oxygens (including phenoxy) is 3. The number of aliphatic hydroxyl groups excluding tert-OH is 5. The highest BCUT2D eigenvalue weighted by atomic mass is 16.6. The Balaban J connectivity index is 2.29. The van der Waals surface area contributed by atoms with Crippen molar-refractivity contribution in [3.05, 3.63) is 9.81 Å². The maximum absolute atomic E-state index is 12.5. The molecule has 16 nitrogen and oxygen atoms in total. The Kier molecular flexibility index (Phi) is 37.5. The Morgan fingerprint density at radius 3 is 1.54 bits per heavy atom. The van der Waals surface area contributed by atoms with Crippen molar-refractivity contribution in [3.8, 4) is 0 Å². The summed E-state index contributed by atoms with van der Waals surface area (Å²) in [7, 11) is 0. The van der Waals surface area contributed by atoms with E-state index in [1.165, 1.54) is 19.3 Å². The van der Waals surface area contributed by atoms with Gasteiger partial charge in [0.05, 0.1) is 45.2 Å². The minimum Gasteiger partial charge on any atom is -0.462 e. The van der Waals surface area contributed by atoms with E-state index in [1.807, 2.05) is 9.80 Å². The summed E-state index contributed by atoms with van der Waals surface area (Å²) >= 11 is 0. The lowest BCUT2D eigenvalue weighted by atomic mass is 9.94. The number of hydrogen-bond donors (Lipinski definition) is 5. The summed E-state index contributed by atoms with van der Waals surface area (Å²) in [5, 5.41) is 55.1. The molecule has 1 heterocycles. The Hall–Kier alpha value is -2.18. The molecule has 0 aromatic heterocycles. The lowest BCUT2D eigenvalue weighted by Gasteiger charge is -2.33. The van der Waals surface area contributed by atoms with Crippen LogP contribution in [0.5, 0.6) is 0 Å². The largest absolute Gasteiger partial charge is 0.462 e. The molecule has 63 heavy (non-hydrogen) atoms. The van der Waals surface area contributed by atoms with Crippen molar-refractivity contribution in [2.24, 2.45) is 10.4 Å². The first-order chi connectivity index (χ1) is 30.8. The van der Waals surface area contributed by atoms with E-state index in [-0.39, 0.29) is 76.2 Å². The van der Waals surface area contributed by atoms with Crippen LogP contribution in [0.15, 0.2) is 10.4 Å². The number of nitrogens with zero attached hydrogens (tertiary/aromatic N) is 4. The average molecular weight is 903 g/mol. The molecule has 0 radical (unpaired) electrons. The Labute approximate surface area is 379 Å². The van der Waals surface area contributed by atoms with Crippen LogP contribution in [-0.4, -0.2) is 156 Å². The molecule has 1 rings (SSSR count). The van der Waals surface area contributed by atoms with Crippen LogP contribution in [0.4, 0.5) is 0 Å². The smallest absolute Gasteiger partial charge is 0.306 e. The van der Waals surface area contributed by atoms with E-state index in [4.69, 9.17) is 14.2 Å². The molecule has 7 unspecified atom stereocenters. The summed E-state index contributed by atoms with van der Waals surface area (Å²) in [4.78, 5) is 52.6. The van der Waals surface area contributed by atoms with Crippen LogP contribution >= 0.6 is 0 Å². The number of carbonyl (C=O) groups excluding carboxylic acids is 2. The zero-order chi connectivity index (χ0) is 46.3. The van der Waals surface area contributed by atoms with Gasteiger partial charge in [-0.15, -0.1) is 0 Å². The zero-order valence-corrected chi connectivity index (χ0v) is 39.4. The fraction of sp³-hybridized carbons (Fsp3) is 0.957. The summed E-state index contributed by atoms with van der Waals surface area (Å²) in [5.41, 5.74) is 0. The molecule has 0 aromatic carbocycles. The number of nitroso groups, excluding NO2 is 2. The van der Waals surface area contributed by atoms with E-state index in [0.29, 0.717) is 58.3 Å². The first-order valence-electron chi connectivity index (χ1n) is 24.9. The van der Waals surface area contributed by atoms with E-state index in [1.54, 1.807) is 0 Å². The first kappa shape index (κ1) is 58.8. The predicted molar refractivity (Wildman–Crippen MR) is 246 cm³/mol. The second kappa shape index (κ2) is 40.1. The number of hydrogen-bond acceptors (Lipinski definition) is 16. The van der Waals surface area contributed by atoms with Crippen LogP contribution in [0.2, 0.25) is 0 Å². The second-order valence-electron chi connectivity index (χ2n) is 17.5. The summed E-state index contributed by atoms with van der Waals surface area (Å²) in [6.45, 7) is 4.98. The van der Waals surface area contributed by atoms with E-state index in [0.717, 1.165) is 103 Å². The third-order valence-corrected chi connectivity index (χ3v) is 12.4. The van der Waals surface area contributed by atoms with Gasteiger partial charge in [-0.1, -0.05) is 133 Å². The van der Waals surface area contributed by atoms with Crippen molar-refractivity contribution in [1.29, 1.82) is 0 Å². The number of aliphatic hydroxyl groups is 5. The molecular weight excluding hydrogens is 813 g/mol. The van der Waals surface area contributed by atoms with Gasteiger partial charge in [-0.25, -0.2) is 0 Å². The lowest BCUT2D eigenvalue weighted by molar-refractivity contribution is -0.161. The molecule has 0 amide bonds. The van der Waals surface area contributed by atoms with Crippen molar-refractivity contribution in [3.63, 3.8) is 0 Å². The molecular formula is C47H90N4O12. The molecule has 1 fully saturated rings. The minimum absolute atomic E-state index is 0.0403. The van der Waals surface area contributed by atoms with Crippen LogP contribution < -0.4 is 0 Å². The maximum atomic E-state index is 12.5. The second-order valence-corrected chi connectivity index (χ2v) is 17.5. The topological polar surface area (TPSA) is 232 Å². The summed E-state index contributed by atoms with van der Waals surface area (Å²) in [6, 6.07) is -1.10. The molecule has 1 aliphatic rings. The molecule has 0 aliphatic carbocycles. The zero-order valence-electron chi connectivity index (χ0n) is 39.4. The van der Waals surface area contributed by atoms with E-state index in [2.05, 4.69) is 24.2 Å². The van der Waals surface area contributed by atoms with Gasteiger partial charge in [-0.3, -0.25) is 19.4 Å². The van der Waals surface area contributed by atoms with E-state index < -0.39 is 30.7 Å². The van der Waals surface area contributed by atoms with Crippen molar-refractivity contribution in [1.82, 2.24) is 9.80 Å². The van der Waals surface area contributed by atoms with Crippen molar-refractivity contribution >= 4 is 11.9 Å². The SMILES string of the molecule is CCCCCCCCC(N=O)C(CCCCCCCC(=O)OC(CO)COC(=O)CCCCCCCC1OC1CC(C(CCCCC)N=O)N(CCO)CCO)N(CCO)CCO. The molecule has 0 bridgehead atoms. The van der Waals surface area contributed by atoms with Crippen molar-refractivity contribution in [2.75, 3.05) is 65.8 Å². The molecule has 1 saturated heterocycles. The summed E-state index contributed by atoms with van der Waals surface area (Å²) in [5.74, 6) is -0.834. The first-order valence-corrected chi connectivity index (χ1v) is 24.9. The lowest BCUT2D eigenvalue weighted by Crippen LogP contribution is -2.46. The van der Waals surface area contributed by atoms with Crippen molar-refractivity contribution in [2.45, 2.75) is 223 Å². The molecule has 370 valence electrons. The third-order valence-electron chi connectivity index (χ3n) is 12.4. The maximum Gasteiger partial charge on any atom is 0.306 e. The van der Waals surface area contributed by atoms with Gasteiger partial charge in [-0.05, 0) is 44.9 Å². The highest BCUT2D eigenvalue weighted by Crippen LogP contribution is 2.34. The number of esters is 2. The fourth-order valence-electron chi connectivity index (χ4n) is 8.74. The Morgan fingerprint density at radius 2 is 1.00 bits per heavy atom. The normalized spacial score (nSPS) is 17.3.